The molecule has 7 heteroatoms. The second-order valence-electron chi connectivity index (χ2n) is 6.10. The van der Waals surface area contributed by atoms with E-state index >= 15 is 0 Å². The van der Waals surface area contributed by atoms with Gasteiger partial charge in [0.15, 0.2) is 11.5 Å². The zero-order valence-electron chi connectivity index (χ0n) is 16.3. The van der Waals surface area contributed by atoms with Gasteiger partial charge in [-0.3, -0.25) is 9.69 Å². The molecule has 1 atom stereocenters. The topological polar surface area (TPSA) is 50.8 Å². The van der Waals surface area contributed by atoms with E-state index in [4.69, 9.17) is 4.74 Å². The van der Waals surface area contributed by atoms with Crippen molar-refractivity contribution >= 4 is 5.91 Å². The van der Waals surface area contributed by atoms with Crippen molar-refractivity contribution in [3.8, 4) is 11.5 Å². The molecule has 0 fully saturated rings. The fourth-order valence-electron chi connectivity index (χ4n) is 3.09. The van der Waals surface area contributed by atoms with Gasteiger partial charge in [0.25, 0.3) is 5.91 Å². The van der Waals surface area contributed by atoms with Crippen molar-refractivity contribution in [1.29, 1.82) is 0 Å². The van der Waals surface area contributed by atoms with E-state index in [0.29, 0.717) is 12.1 Å². The number of carbonyl (C=O) groups excluding carboxylic acids is 1. The number of alkyl halides is 2. The molecule has 2 rings (SSSR count). The van der Waals surface area contributed by atoms with Crippen LogP contribution in [0.3, 0.4) is 0 Å². The zero-order valence-corrected chi connectivity index (χ0v) is 16.3. The summed E-state index contributed by atoms with van der Waals surface area (Å²) in [5, 5.41) is 2.93. The summed E-state index contributed by atoms with van der Waals surface area (Å²) >= 11 is 0. The highest BCUT2D eigenvalue weighted by molar-refractivity contribution is 5.94. The van der Waals surface area contributed by atoms with Gasteiger partial charge in [-0.25, -0.2) is 0 Å². The lowest BCUT2D eigenvalue weighted by Gasteiger charge is -2.30. The predicted molar refractivity (Wildman–Crippen MR) is 104 cm³/mol. The van der Waals surface area contributed by atoms with E-state index in [-0.39, 0.29) is 23.4 Å². The number of nitrogens with zero attached hydrogens (tertiary/aromatic N) is 1. The lowest BCUT2D eigenvalue weighted by molar-refractivity contribution is -0.0512. The van der Waals surface area contributed by atoms with Crippen molar-refractivity contribution in [2.24, 2.45) is 0 Å². The Morgan fingerprint density at radius 3 is 2.32 bits per heavy atom. The summed E-state index contributed by atoms with van der Waals surface area (Å²) in [5.41, 5.74) is 1.43. The standard InChI is InChI=1S/C21H26F2N2O3/c1-4-25(5-2)17(15-9-7-6-8-10-15)14-24-20(26)16-11-12-18(28-21(22)23)19(13-16)27-3/h6-13,17,21H,4-5,14H2,1-3H3,(H,24,26). The Balaban J connectivity index is 2.14. The van der Waals surface area contributed by atoms with Crippen LogP contribution in [-0.4, -0.2) is 44.2 Å². The first-order valence-corrected chi connectivity index (χ1v) is 9.20. The van der Waals surface area contributed by atoms with Gasteiger partial charge in [0.05, 0.1) is 13.2 Å². The third-order valence-electron chi connectivity index (χ3n) is 4.54. The normalized spacial score (nSPS) is 12.1. The molecule has 1 amide bonds. The number of halogens is 2. The number of hydrogen-bond donors (Lipinski definition) is 1. The quantitative estimate of drug-likeness (QED) is 0.661. The summed E-state index contributed by atoms with van der Waals surface area (Å²) in [6.45, 7) is 3.30. The smallest absolute Gasteiger partial charge is 0.387 e. The number of ether oxygens (including phenoxy) is 2. The van der Waals surface area contributed by atoms with Crippen LogP contribution in [0.5, 0.6) is 11.5 Å². The number of amides is 1. The molecule has 0 aliphatic heterocycles. The summed E-state index contributed by atoms with van der Waals surface area (Å²) in [5.74, 6) is -0.342. The molecule has 0 radical (unpaired) electrons. The van der Waals surface area contributed by atoms with Gasteiger partial charge in [-0.2, -0.15) is 8.78 Å². The molecule has 2 aromatic carbocycles. The third kappa shape index (κ3) is 5.66. The summed E-state index contributed by atoms with van der Waals surface area (Å²) < 4.78 is 34.3. The number of likely N-dealkylation sites (N-methyl/N-ethyl adjacent to an activating group) is 1. The summed E-state index contributed by atoms with van der Waals surface area (Å²) in [6.07, 6.45) is 0. The molecule has 0 bridgehead atoms. The Bertz CT molecular complexity index is 753. The molecule has 0 saturated heterocycles. The van der Waals surface area contributed by atoms with Crippen LogP contribution in [-0.2, 0) is 0 Å². The second-order valence-corrected chi connectivity index (χ2v) is 6.10. The van der Waals surface area contributed by atoms with Crippen molar-refractivity contribution < 1.29 is 23.0 Å². The Labute approximate surface area is 164 Å². The molecule has 1 N–H and O–H groups in total. The van der Waals surface area contributed by atoms with E-state index in [1.165, 1.54) is 25.3 Å². The van der Waals surface area contributed by atoms with E-state index < -0.39 is 6.61 Å². The number of carbonyl (C=O) groups is 1. The minimum absolute atomic E-state index is 0.0310. The SMILES string of the molecule is CCN(CC)C(CNC(=O)c1ccc(OC(F)F)c(OC)c1)c1ccccc1. The minimum atomic E-state index is -2.96. The van der Waals surface area contributed by atoms with Gasteiger partial charge in [0, 0.05) is 12.1 Å². The summed E-state index contributed by atoms with van der Waals surface area (Å²) in [6, 6.07) is 14.1. The van der Waals surface area contributed by atoms with E-state index in [2.05, 4.69) is 28.8 Å². The van der Waals surface area contributed by atoms with Crippen molar-refractivity contribution in [2.45, 2.75) is 26.5 Å². The van der Waals surface area contributed by atoms with E-state index in [9.17, 15) is 13.6 Å². The van der Waals surface area contributed by atoms with Gasteiger partial charge in [-0.1, -0.05) is 44.2 Å². The maximum Gasteiger partial charge on any atom is 0.387 e. The molecule has 0 saturated carbocycles. The number of nitrogens with one attached hydrogen (secondary N) is 1. The first-order chi connectivity index (χ1) is 13.5. The van der Waals surface area contributed by atoms with Crippen LogP contribution >= 0.6 is 0 Å². The maximum atomic E-state index is 12.6. The number of methoxy groups -OCH3 is 1. The fourth-order valence-corrected chi connectivity index (χ4v) is 3.09. The average molecular weight is 392 g/mol. The van der Waals surface area contributed by atoms with Crippen LogP contribution in [0.25, 0.3) is 0 Å². The Morgan fingerprint density at radius 2 is 1.75 bits per heavy atom. The summed E-state index contributed by atoms with van der Waals surface area (Å²) in [4.78, 5) is 14.9. The van der Waals surface area contributed by atoms with Crippen LogP contribution in [0.1, 0.15) is 35.8 Å². The predicted octanol–water partition coefficient (Wildman–Crippen LogP) is 4.11. The molecular weight excluding hydrogens is 366 g/mol. The van der Waals surface area contributed by atoms with Crippen LogP contribution in [0, 0.1) is 0 Å². The van der Waals surface area contributed by atoms with E-state index in [1.54, 1.807) is 0 Å². The molecule has 28 heavy (non-hydrogen) atoms. The first kappa shape index (κ1) is 21.6. The van der Waals surface area contributed by atoms with E-state index in [0.717, 1.165) is 18.7 Å². The Kier molecular flexibility index (Phi) is 8.19. The molecule has 152 valence electrons. The van der Waals surface area contributed by atoms with Crippen LogP contribution in [0.15, 0.2) is 48.5 Å². The Hall–Kier alpha value is -2.67. The average Bonchev–Trinajstić information content (AvgIpc) is 2.71. The van der Waals surface area contributed by atoms with Gasteiger partial charge in [-0.05, 0) is 36.9 Å². The highest BCUT2D eigenvalue weighted by Crippen LogP contribution is 2.29. The largest absolute Gasteiger partial charge is 0.493 e. The first-order valence-electron chi connectivity index (χ1n) is 9.20. The lowest BCUT2D eigenvalue weighted by Crippen LogP contribution is -2.38. The van der Waals surface area contributed by atoms with Crippen molar-refractivity contribution in [1.82, 2.24) is 10.2 Å². The molecule has 2 aromatic rings. The van der Waals surface area contributed by atoms with Gasteiger partial charge in [-0.15, -0.1) is 0 Å². The molecule has 0 aromatic heterocycles. The second kappa shape index (κ2) is 10.6. The minimum Gasteiger partial charge on any atom is -0.493 e. The molecule has 5 nitrogen and oxygen atoms in total. The molecule has 0 spiro atoms. The molecule has 0 aliphatic carbocycles. The number of benzene rings is 2. The van der Waals surface area contributed by atoms with Gasteiger partial charge in [0.2, 0.25) is 0 Å². The van der Waals surface area contributed by atoms with Gasteiger partial charge < -0.3 is 14.8 Å². The molecule has 1 unspecified atom stereocenters. The van der Waals surface area contributed by atoms with E-state index in [1.807, 2.05) is 30.3 Å². The van der Waals surface area contributed by atoms with Crippen LogP contribution in [0.4, 0.5) is 8.78 Å². The van der Waals surface area contributed by atoms with Crippen LogP contribution < -0.4 is 14.8 Å². The lowest BCUT2D eigenvalue weighted by atomic mass is 10.0. The van der Waals surface area contributed by atoms with Gasteiger partial charge in [0.1, 0.15) is 0 Å². The molecule has 0 aliphatic rings. The molecular formula is C21H26F2N2O3. The fraction of sp³-hybridized carbons (Fsp3) is 0.381. The number of rotatable bonds is 10. The maximum absolute atomic E-state index is 12.6. The van der Waals surface area contributed by atoms with Crippen molar-refractivity contribution in [3.63, 3.8) is 0 Å². The summed E-state index contributed by atoms with van der Waals surface area (Å²) in [7, 11) is 1.33. The van der Waals surface area contributed by atoms with Crippen molar-refractivity contribution in [3.05, 3.63) is 59.7 Å². The van der Waals surface area contributed by atoms with Crippen LogP contribution in [0.2, 0.25) is 0 Å². The third-order valence-corrected chi connectivity index (χ3v) is 4.54. The number of hydrogen-bond acceptors (Lipinski definition) is 4. The highest BCUT2D eigenvalue weighted by atomic mass is 19.3. The monoisotopic (exact) mass is 392 g/mol. The van der Waals surface area contributed by atoms with Crippen molar-refractivity contribution in [2.75, 3.05) is 26.7 Å². The molecule has 0 heterocycles. The van der Waals surface area contributed by atoms with Gasteiger partial charge >= 0.3 is 6.61 Å². The Morgan fingerprint density at radius 1 is 1.07 bits per heavy atom. The zero-order chi connectivity index (χ0) is 20.5. The highest BCUT2D eigenvalue weighted by Gasteiger charge is 2.20.